The van der Waals surface area contributed by atoms with Crippen molar-refractivity contribution >= 4 is 11.3 Å². The zero-order valence-electron chi connectivity index (χ0n) is 10.3. The number of nitrogens with one attached hydrogen (secondary N) is 1. The fourth-order valence-corrected chi connectivity index (χ4v) is 2.72. The molecule has 1 aromatic heterocycles. The van der Waals surface area contributed by atoms with Gasteiger partial charge in [0, 0.05) is 12.1 Å². The molecule has 2 aromatic rings. The Morgan fingerprint density at radius 1 is 1.25 bits per heavy atom. The molecule has 8 heteroatoms. The summed E-state index contributed by atoms with van der Waals surface area (Å²) in [5.74, 6) is -0.738. The number of hydrogen-bond donors (Lipinski definition) is 3. The van der Waals surface area contributed by atoms with Crippen molar-refractivity contribution in [3.63, 3.8) is 0 Å². The first-order valence-corrected chi connectivity index (χ1v) is 6.38. The van der Waals surface area contributed by atoms with Gasteiger partial charge in [-0.05, 0) is 25.2 Å². The maximum atomic E-state index is 12.9. The summed E-state index contributed by atoms with van der Waals surface area (Å²) in [6, 6.07) is 3.78. The van der Waals surface area contributed by atoms with Gasteiger partial charge in [0.15, 0.2) is 17.2 Å². The Kier molecular flexibility index (Phi) is 3.87. The lowest BCUT2D eigenvalue weighted by atomic mass is 10.2. The fourth-order valence-electron chi connectivity index (χ4n) is 1.63. The Bertz CT molecular complexity index is 626. The van der Waals surface area contributed by atoms with E-state index in [1.807, 2.05) is 0 Å². The van der Waals surface area contributed by atoms with Crippen LogP contribution in [0.5, 0.6) is 11.5 Å². The summed E-state index contributed by atoms with van der Waals surface area (Å²) in [5, 5.41) is 21.4. The van der Waals surface area contributed by atoms with E-state index in [4.69, 9.17) is 0 Å². The zero-order chi connectivity index (χ0) is 14.9. The molecule has 20 heavy (non-hydrogen) atoms. The van der Waals surface area contributed by atoms with E-state index in [0.29, 0.717) is 5.56 Å². The third-order valence-corrected chi connectivity index (χ3v) is 3.63. The van der Waals surface area contributed by atoms with Crippen LogP contribution in [0.3, 0.4) is 0 Å². The molecule has 108 valence electrons. The van der Waals surface area contributed by atoms with E-state index in [1.165, 1.54) is 18.2 Å². The molecule has 0 saturated heterocycles. The van der Waals surface area contributed by atoms with Gasteiger partial charge in [-0.15, -0.1) is 11.3 Å². The van der Waals surface area contributed by atoms with E-state index < -0.39 is 17.6 Å². The molecule has 0 amide bonds. The number of benzene rings is 1. The molecular weight excluding hydrogens is 293 g/mol. The van der Waals surface area contributed by atoms with Crippen molar-refractivity contribution in [1.82, 2.24) is 10.3 Å². The van der Waals surface area contributed by atoms with E-state index in [1.54, 1.807) is 7.05 Å². The van der Waals surface area contributed by atoms with E-state index in [9.17, 15) is 23.4 Å². The summed E-state index contributed by atoms with van der Waals surface area (Å²) >= 11 is 0.892. The average molecular weight is 304 g/mol. The molecular formula is C12H11F3N2O2S. The Balaban J connectivity index is 2.49. The number of phenolic OH excluding ortho intramolecular Hbond substituents is 2. The van der Waals surface area contributed by atoms with Crippen LogP contribution in [0.25, 0.3) is 10.6 Å². The highest BCUT2D eigenvalue weighted by Gasteiger charge is 2.37. The second-order valence-corrected chi connectivity index (χ2v) is 5.11. The second kappa shape index (κ2) is 5.29. The Morgan fingerprint density at radius 2 is 1.95 bits per heavy atom. The summed E-state index contributed by atoms with van der Waals surface area (Å²) in [7, 11) is 1.55. The lowest BCUT2D eigenvalue weighted by Crippen LogP contribution is -2.12. The molecule has 0 bridgehead atoms. The Labute approximate surface area is 116 Å². The second-order valence-electron chi connectivity index (χ2n) is 4.02. The molecule has 0 spiro atoms. The number of aromatic nitrogens is 1. The normalized spacial score (nSPS) is 11.8. The first-order chi connectivity index (χ1) is 9.32. The van der Waals surface area contributed by atoms with Gasteiger partial charge in [-0.3, -0.25) is 0 Å². The number of aromatic hydroxyl groups is 2. The summed E-state index contributed by atoms with van der Waals surface area (Å²) in [6.45, 7) is 0.0522. The first-order valence-electron chi connectivity index (χ1n) is 5.56. The van der Waals surface area contributed by atoms with Crippen LogP contribution in [0.4, 0.5) is 13.2 Å². The summed E-state index contributed by atoms with van der Waals surface area (Å²) in [4.78, 5) is 3.67. The molecule has 0 aliphatic heterocycles. The topological polar surface area (TPSA) is 65.4 Å². The van der Waals surface area contributed by atoms with Crippen molar-refractivity contribution in [2.75, 3.05) is 7.05 Å². The number of thiazole rings is 1. The fraction of sp³-hybridized carbons (Fsp3) is 0.250. The first kappa shape index (κ1) is 14.6. The molecule has 0 radical (unpaired) electrons. The van der Waals surface area contributed by atoms with Crippen LogP contribution >= 0.6 is 11.3 Å². The summed E-state index contributed by atoms with van der Waals surface area (Å²) in [6.07, 6.45) is -4.53. The van der Waals surface area contributed by atoms with Crippen molar-refractivity contribution in [1.29, 1.82) is 0 Å². The number of rotatable bonds is 3. The van der Waals surface area contributed by atoms with Gasteiger partial charge in [0.05, 0.1) is 4.88 Å². The van der Waals surface area contributed by atoms with E-state index >= 15 is 0 Å². The standard InChI is InChI=1S/C12H11F3N2O2S/c1-16-5-9-10(12(13,14)15)17-11(20-9)6-2-3-7(18)8(19)4-6/h2-4,16,18-19H,5H2,1H3. The van der Waals surface area contributed by atoms with Gasteiger partial charge < -0.3 is 15.5 Å². The summed E-state index contributed by atoms with van der Waals surface area (Å²) < 4.78 is 38.6. The minimum absolute atomic E-state index is 0.0522. The van der Waals surface area contributed by atoms with E-state index in [0.717, 1.165) is 11.3 Å². The smallest absolute Gasteiger partial charge is 0.434 e. The van der Waals surface area contributed by atoms with E-state index in [-0.39, 0.29) is 22.2 Å². The molecule has 0 aliphatic rings. The number of hydrogen-bond acceptors (Lipinski definition) is 5. The third kappa shape index (κ3) is 2.86. The molecule has 0 atom stereocenters. The van der Waals surface area contributed by atoms with Crippen LogP contribution in [0, 0.1) is 0 Å². The highest BCUT2D eigenvalue weighted by Crippen LogP contribution is 2.39. The predicted molar refractivity (Wildman–Crippen MR) is 68.6 cm³/mol. The molecule has 0 aliphatic carbocycles. The van der Waals surface area contributed by atoms with Gasteiger partial charge in [-0.25, -0.2) is 4.98 Å². The van der Waals surface area contributed by atoms with Crippen LogP contribution < -0.4 is 5.32 Å². The van der Waals surface area contributed by atoms with Gasteiger partial charge in [-0.2, -0.15) is 13.2 Å². The minimum Gasteiger partial charge on any atom is -0.504 e. The highest BCUT2D eigenvalue weighted by atomic mass is 32.1. The van der Waals surface area contributed by atoms with Crippen molar-refractivity contribution in [3.05, 3.63) is 28.8 Å². The van der Waals surface area contributed by atoms with Crippen LogP contribution in [-0.4, -0.2) is 22.2 Å². The van der Waals surface area contributed by atoms with Crippen LogP contribution in [0.1, 0.15) is 10.6 Å². The molecule has 4 nitrogen and oxygen atoms in total. The number of alkyl halides is 3. The molecule has 0 saturated carbocycles. The van der Waals surface area contributed by atoms with Crippen molar-refractivity contribution in [2.45, 2.75) is 12.7 Å². The summed E-state index contributed by atoms with van der Waals surface area (Å²) in [5.41, 5.74) is -0.613. The third-order valence-electron chi connectivity index (χ3n) is 2.53. The Hall–Kier alpha value is -1.80. The molecule has 1 heterocycles. The molecule has 0 unspecified atom stereocenters. The zero-order valence-corrected chi connectivity index (χ0v) is 11.1. The quantitative estimate of drug-likeness (QED) is 0.763. The molecule has 0 fully saturated rings. The number of nitrogens with zero attached hydrogens (tertiary/aromatic N) is 1. The van der Waals surface area contributed by atoms with Gasteiger partial charge in [0.2, 0.25) is 0 Å². The highest BCUT2D eigenvalue weighted by molar-refractivity contribution is 7.15. The largest absolute Gasteiger partial charge is 0.504 e. The molecule has 2 rings (SSSR count). The lowest BCUT2D eigenvalue weighted by molar-refractivity contribution is -0.141. The maximum absolute atomic E-state index is 12.9. The number of phenols is 2. The van der Waals surface area contributed by atoms with Crippen molar-refractivity contribution in [2.24, 2.45) is 0 Å². The van der Waals surface area contributed by atoms with Crippen LogP contribution in [-0.2, 0) is 12.7 Å². The van der Waals surface area contributed by atoms with Gasteiger partial charge in [0.25, 0.3) is 0 Å². The van der Waals surface area contributed by atoms with Crippen molar-refractivity contribution in [3.8, 4) is 22.1 Å². The van der Waals surface area contributed by atoms with E-state index in [2.05, 4.69) is 10.3 Å². The van der Waals surface area contributed by atoms with Gasteiger partial charge >= 0.3 is 6.18 Å². The SMILES string of the molecule is CNCc1sc(-c2ccc(O)c(O)c2)nc1C(F)(F)F. The van der Waals surface area contributed by atoms with Crippen LogP contribution in [0.2, 0.25) is 0 Å². The minimum atomic E-state index is -4.53. The maximum Gasteiger partial charge on any atom is 0.434 e. The van der Waals surface area contributed by atoms with Gasteiger partial charge in [0.1, 0.15) is 5.01 Å². The Morgan fingerprint density at radius 3 is 2.50 bits per heavy atom. The molecule has 3 N–H and O–H groups in total. The predicted octanol–water partition coefficient (Wildman–Crippen LogP) is 2.96. The number of halogens is 3. The monoisotopic (exact) mass is 304 g/mol. The average Bonchev–Trinajstić information content (AvgIpc) is 2.77. The van der Waals surface area contributed by atoms with Crippen LogP contribution in [0.15, 0.2) is 18.2 Å². The van der Waals surface area contributed by atoms with Crippen molar-refractivity contribution < 1.29 is 23.4 Å². The lowest BCUT2D eigenvalue weighted by Gasteiger charge is -2.04. The molecule has 1 aromatic carbocycles. The van der Waals surface area contributed by atoms with Gasteiger partial charge in [-0.1, -0.05) is 0 Å².